The van der Waals surface area contributed by atoms with Crippen molar-refractivity contribution >= 4 is 0 Å². The minimum absolute atomic E-state index is 0.312. The van der Waals surface area contributed by atoms with Gasteiger partial charge in [0.1, 0.15) is 5.75 Å². The Labute approximate surface area is 105 Å². The molecule has 0 radical (unpaired) electrons. The maximum Gasteiger partial charge on any atom is 0.416 e. The standard InChI is InChI=1S/C14H17F3O/c15-14(16,17)13-9-12(18)7-6-11(13)8-10-4-2-1-3-5-10/h6-7,9-10,18H,1-5,8H2. The minimum Gasteiger partial charge on any atom is -0.508 e. The van der Waals surface area contributed by atoms with Crippen molar-refractivity contribution in [2.45, 2.75) is 44.7 Å². The number of hydrogen-bond donors (Lipinski definition) is 1. The van der Waals surface area contributed by atoms with E-state index in [2.05, 4.69) is 0 Å². The molecule has 0 aliphatic heterocycles. The van der Waals surface area contributed by atoms with Gasteiger partial charge in [0.25, 0.3) is 0 Å². The van der Waals surface area contributed by atoms with Crippen LogP contribution in [0.15, 0.2) is 18.2 Å². The first-order valence-corrected chi connectivity index (χ1v) is 6.36. The van der Waals surface area contributed by atoms with Crippen molar-refractivity contribution in [1.29, 1.82) is 0 Å². The van der Waals surface area contributed by atoms with E-state index >= 15 is 0 Å². The van der Waals surface area contributed by atoms with Crippen LogP contribution in [0.25, 0.3) is 0 Å². The number of rotatable bonds is 2. The molecule has 1 N–H and O–H groups in total. The van der Waals surface area contributed by atoms with Crippen molar-refractivity contribution in [2.24, 2.45) is 5.92 Å². The Hall–Kier alpha value is -1.19. The molecule has 0 amide bonds. The van der Waals surface area contributed by atoms with Crippen molar-refractivity contribution in [3.63, 3.8) is 0 Å². The smallest absolute Gasteiger partial charge is 0.416 e. The molecule has 1 aliphatic carbocycles. The molecule has 1 aliphatic rings. The van der Waals surface area contributed by atoms with Crippen molar-refractivity contribution in [1.82, 2.24) is 0 Å². The van der Waals surface area contributed by atoms with E-state index in [1.54, 1.807) is 0 Å². The van der Waals surface area contributed by atoms with Crippen LogP contribution in [0.3, 0.4) is 0 Å². The fraction of sp³-hybridized carbons (Fsp3) is 0.571. The maximum atomic E-state index is 12.9. The molecular formula is C14H17F3O. The van der Waals surface area contributed by atoms with Crippen LogP contribution in [0.4, 0.5) is 13.2 Å². The Kier molecular flexibility index (Phi) is 3.83. The highest BCUT2D eigenvalue weighted by molar-refractivity contribution is 5.37. The van der Waals surface area contributed by atoms with E-state index in [4.69, 9.17) is 0 Å². The number of phenolic OH excluding ortho intramolecular Hbond substituents is 1. The molecule has 1 aromatic rings. The first kappa shape index (κ1) is 13.2. The van der Waals surface area contributed by atoms with Crippen LogP contribution in [-0.2, 0) is 12.6 Å². The zero-order chi connectivity index (χ0) is 13.2. The van der Waals surface area contributed by atoms with Crippen molar-refractivity contribution in [2.75, 3.05) is 0 Å². The number of aromatic hydroxyl groups is 1. The molecular weight excluding hydrogens is 241 g/mol. The van der Waals surface area contributed by atoms with Gasteiger partial charge >= 0.3 is 6.18 Å². The van der Waals surface area contributed by atoms with E-state index in [-0.39, 0.29) is 5.75 Å². The quantitative estimate of drug-likeness (QED) is 0.826. The lowest BCUT2D eigenvalue weighted by atomic mass is 9.84. The summed E-state index contributed by atoms with van der Waals surface area (Å²) in [6, 6.07) is 3.58. The summed E-state index contributed by atoms with van der Waals surface area (Å²) >= 11 is 0. The molecule has 0 atom stereocenters. The zero-order valence-corrected chi connectivity index (χ0v) is 10.1. The van der Waals surface area contributed by atoms with Crippen LogP contribution in [0.1, 0.15) is 43.2 Å². The van der Waals surface area contributed by atoms with E-state index in [1.807, 2.05) is 0 Å². The Bertz CT molecular complexity index is 406. The maximum absolute atomic E-state index is 12.9. The minimum atomic E-state index is -4.39. The SMILES string of the molecule is Oc1ccc(CC2CCCCC2)c(C(F)(F)F)c1. The second kappa shape index (κ2) is 5.21. The normalized spacial score (nSPS) is 17.9. The molecule has 0 aromatic heterocycles. The molecule has 0 bridgehead atoms. The summed E-state index contributed by atoms with van der Waals surface area (Å²) in [4.78, 5) is 0. The lowest BCUT2D eigenvalue weighted by Gasteiger charge is -2.23. The van der Waals surface area contributed by atoms with Crippen LogP contribution >= 0.6 is 0 Å². The molecule has 2 rings (SSSR count). The molecule has 0 saturated heterocycles. The van der Waals surface area contributed by atoms with Gasteiger partial charge in [-0.3, -0.25) is 0 Å². The van der Waals surface area contributed by atoms with Gasteiger partial charge in [0.2, 0.25) is 0 Å². The zero-order valence-electron chi connectivity index (χ0n) is 10.1. The van der Waals surface area contributed by atoms with Crippen LogP contribution < -0.4 is 0 Å². The molecule has 100 valence electrons. The van der Waals surface area contributed by atoms with Crippen LogP contribution in [0, 0.1) is 5.92 Å². The highest BCUT2D eigenvalue weighted by atomic mass is 19.4. The summed E-state index contributed by atoms with van der Waals surface area (Å²) in [5, 5.41) is 9.21. The summed E-state index contributed by atoms with van der Waals surface area (Å²) in [6.45, 7) is 0. The second-order valence-electron chi connectivity index (χ2n) is 5.05. The number of halogens is 3. The first-order chi connectivity index (χ1) is 8.47. The van der Waals surface area contributed by atoms with Gasteiger partial charge in [0.15, 0.2) is 0 Å². The number of hydrogen-bond acceptors (Lipinski definition) is 1. The summed E-state index contributed by atoms with van der Waals surface area (Å²) in [5.74, 6) is 0.0270. The van der Waals surface area contributed by atoms with Crippen molar-refractivity contribution in [3.05, 3.63) is 29.3 Å². The van der Waals surface area contributed by atoms with E-state index in [0.717, 1.165) is 31.7 Å². The van der Waals surface area contributed by atoms with Gasteiger partial charge in [-0.15, -0.1) is 0 Å². The van der Waals surface area contributed by atoms with Gasteiger partial charge in [-0.05, 0) is 30.0 Å². The van der Waals surface area contributed by atoms with E-state index in [0.29, 0.717) is 17.9 Å². The lowest BCUT2D eigenvalue weighted by Crippen LogP contribution is -2.14. The molecule has 1 aromatic carbocycles. The molecule has 1 nitrogen and oxygen atoms in total. The first-order valence-electron chi connectivity index (χ1n) is 6.36. The second-order valence-corrected chi connectivity index (χ2v) is 5.05. The van der Waals surface area contributed by atoms with Gasteiger partial charge in [-0.2, -0.15) is 13.2 Å². The topological polar surface area (TPSA) is 20.2 Å². The molecule has 1 saturated carbocycles. The highest BCUT2D eigenvalue weighted by Gasteiger charge is 2.34. The predicted molar refractivity (Wildman–Crippen MR) is 63.4 cm³/mol. The van der Waals surface area contributed by atoms with E-state index in [9.17, 15) is 18.3 Å². The van der Waals surface area contributed by atoms with E-state index in [1.165, 1.54) is 18.6 Å². The van der Waals surface area contributed by atoms with Crippen molar-refractivity contribution < 1.29 is 18.3 Å². The molecule has 4 heteroatoms. The summed E-state index contributed by atoms with van der Waals surface area (Å²) in [6.07, 6.45) is 1.53. The fourth-order valence-corrected chi connectivity index (χ4v) is 2.71. The summed E-state index contributed by atoms with van der Waals surface area (Å²) in [5.41, 5.74) is -0.375. The average molecular weight is 258 g/mol. The van der Waals surface area contributed by atoms with Crippen LogP contribution in [0.5, 0.6) is 5.75 Å². The highest BCUT2D eigenvalue weighted by Crippen LogP contribution is 2.36. The third-order valence-electron chi connectivity index (χ3n) is 3.63. The van der Waals surface area contributed by atoms with Gasteiger partial charge in [-0.1, -0.05) is 38.2 Å². The monoisotopic (exact) mass is 258 g/mol. The fourth-order valence-electron chi connectivity index (χ4n) is 2.71. The third kappa shape index (κ3) is 3.18. The molecule has 0 spiro atoms. The predicted octanol–water partition coefficient (Wildman–Crippen LogP) is 4.53. The summed E-state index contributed by atoms with van der Waals surface area (Å²) in [7, 11) is 0. The number of alkyl halides is 3. The third-order valence-corrected chi connectivity index (χ3v) is 3.63. The Morgan fingerprint density at radius 2 is 1.78 bits per heavy atom. The van der Waals surface area contributed by atoms with Crippen molar-refractivity contribution in [3.8, 4) is 5.75 Å². The lowest BCUT2D eigenvalue weighted by molar-refractivity contribution is -0.138. The Morgan fingerprint density at radius 1 is 1.11 bits per heavy atom. The van der Waals surface area contributed by atoms with Gasteiger partial charge < -0.3 is 5.11 Å². The molecule has 18 heavy (non-hydrogen) atoms. The number of phenols is 1. The van der Waals surface area contributed by atoms with Gasteiger partial charge in [-0.25, -0.2) is 0 Å². The van der Waals surface area contributed by atoms with E-state index < -0.39 is 11.7 Å². The molecule has 0 heterocycles. The Balaban J connectivity index is 2.21. The largest absolute Gasteiger partial charge is 0.508 e. The van der Waals surface area contributed by atoms with Gasteiger partial charge in [0, 0.05) is 0 Å². The summed E-state index contributed by atoms with van der Waals surface area (Å²) < 4.78 is 38.6. The van der Waals surface area contributed by atoms with Gasteiger partial charge in [0.05, 0.1) is 5.56 Å². The van der Waals surface area contributed by atoms with Crippen LogP contribution in [-0.4, -0.2) is 5.11 Å². The molecule has 0 unspecified atom stereocenters. The van der Waals surface area contributed by atoms with Crippen LogP contribution in [0.2, 0.25) is 0 Å². The number of benzene rings is 1. The molecule has 1 fully saturated rings. The Morgan fingerprint density at radius 3 is 2.39 bits per heavy atom. The average Bonchev–Trinajstić information content (AvgIpc) is 2.31.